The molecule has 1 rings (SSSR count). The summed E-state index contributed by atoms with van der Waals surface area (Å²) in [5.41, 5.74) is 0. The Labute approximate surface area is 100 Å². The highest BCUT2D eigenvalue weighted by atomic mass is 32.2. The average Bonchev–Trinajstić information content (AvgIpc) is 2.21. The van der Waals surface area contributed by atoms with Crippen LogP contribution in [0.25, 0.3) is 0 Å². The summed E-state index contributed by atoms with van der Waals surface area (Å²) in [5, 5.41) is 0. The number of sulfone groups is 1. The molecule has 0 amide bonds. The first-order valence-electron chi connectivity index (χ1n) is 4.62. The van der Waals surface area contributed by atoms with Crippen LogP contribution in [0, 0.1) is 35.0 Å². The van der Waals surface area contributed by atoms with E-state index in [2.05, 4.69) is 0 Å². The average molecular weight is 287 g/mol. The summed E-state index contributed by atoms with van der Waals surface area (Å²) < 4.78 is 88.0. The maximum Gasteiger partial charge on any atom is 0.200 e. The lowest BCUT2D eigenvalue weighted by Gasteiger charge is -2.10. The summed E-state index contributed by atoms with van der Waals surface area (Å²) in [4.78, 5) is -1.79. The fraction of sp³-hybridized carbons (Fsp3) is 0.300. The summed E-state index contributed by atoms with van der Waals surface area (Å²) >= 11 is 0. The normalized spacial score (nSPS) is 12.2. The minimum atomic E-state index is -4.62. The molecule has 0 saturated carbocycles. The van der Waals surface area contributed by atoms with E-state index in [1.54, 1.807) is 0 Å². The van der Waals surface area contributed by atoms with E-state index in [-0.39, 0.29) is 5.92 Å². The highest BCUT2D eigenvalue weighted by Crippen LogP contribution is 2.28. The lowest BCUT2D eigenvalue weighted by molar-refractivity contribution is 0.357. The van der Waals surface area contributed by atoms with E-state index in [1.165, 1.54) is 13.8 Å². The lowest BCUT2D eigenvalue weighted by Crippen LogP contribution is -2.17. The Morgan fingerprint density at radius 1 is 0.833 bits per heavy atom. The van der Waals surface area contributed by atoms with Crippen LogP contribution in [0.4, 0.5) is 22.0 Å². The summed E-state index contributed by atoms with van der Waals surface area (Å²) in [5.74, 6) is -12.2. The molecule has 0 spiro atoms. The van der Waals surface area contributed by atoms with Gasteiger partial charge in [-0.2, -0.15) is 0 Å². The summed E-state index contributed by atoms with van der Waals surface area (Å²) in [6.07, 6.45) is 0. The highest BCUT2D eigenvalue weighted by Gasteiger charge is 2.33. The van der Waals surface area contributed by atoms with Crippen LogP contribution in [-0.4, -0.2) is 14.2 Å². The Balaban J connectivity index is 3.62. The van der Waals surface area contributed by atoms with Crippen LogP contribution in [0.2, 0.25) is 0 Å². The molecule has 8 heteroatoms. The molecular weight excluding hydrogens is 279 g/mol. The molecule has 0 aliphatic heterocycles. The third kappa shape index (κ3) is 2.47. The van der Waals surface area contributed by atoms with Gasteiger partial charge in [0, 0.05) is 0 Å². The van der Waals surface area contributed by atoms with Crippen LogP contribution in [0.15, 0.2) is 4.90 Å². The molecule has 1 aromatic rings. The molecule has 101 valence electrons. The first-order chi connectivity index (χ1) is 8.09. The van der Waals surface area contributed by atoms with Gasteiger partial charge in [-0.15, -0.1) is 0 Å². The van der Waals surface area contributed by atoms with Gasteiger partial charge in [0.15, 0.2) is 33.1 Å². The zero-order valence-corrected chi connectivity index (χ0v) is 10.1. The van der Waals surface area contributed by atoms with Crippen LogP contribution in [-0.2, 0) is 9.84 Å². The van der Waals surface area contributed by atoms with Crippen molar-refractivity contribution in [3.05, 3.63) is 35.0 Å². The molecule has 0 fully saturated rings. The molecule has 0 heterocycles. The Kier molecular flexibility index (Phi) is 3.99. The van der Waals surface area contributed by atoms with Gasteiger partial charge in [0.05, 0.1) is 5.75 Å². The smallest absolute Gasteiger partial charge is 0.200 e. The zero-order valence-electron chi connectivity index (χ0n) is 9.32. The number of hydrogen-bond donors (Lipinski definition) is 0. The molecule has 0 atom stereocenters. The monoisotopic (exact) mass is 287 g/mol. The first-order valence-corrected chi connectivity index (χ1v) is 6.28. The van der Waals surface area contributed by atoms with E-state index < -0.39 is 49.6 Å². The van der Waals surface area contributed by atoms with E-state index >= 15 is 0 Å². The molecule has 0 aliphatic carbocycles. The fourth-order valence-electron chi connectivity index (χ4n) is 1.31. The van der Waals surface area contributed by atoms with Crippen molar-refractivity contribution < 1.29 is 30.4 Å². The second kappa shape index (κ2) is 4.83. The highest BCUT2D eigenvalue weighted by molar-refractivity contribution is 7.91. The van der Waals surface area contributed by atoms with E-state index in [9.17, 15) is 30.4 Å². The van der Waals surface area contributed by atoms with Crippen LogP contribution in [0.5, 0.6) is 0 Å². The number of halogens is 5. The maximum atomic E-state index is 13.2. The van der Waals surface area contributed by atoms with Crippen LogP contribution < -0.4 is 0 Å². The molecule has 0 aliphatic rings. The molecule has 0 saturated heterocycles. The predicted molar refractivity (Wildman–Crippen MR) is 52.9 cm³/mol. The second-order valence-electron chi connectivity index (χ2n) is 3.87. The standard InChI is InChI=1S/C10H8F5O2S/c1-4(2)3-18(16,17)10-8(14)6(12)5(11)7(13)9(10)15/h3H2,1-2H3. The molecule has 1 radical (unpaired) electrons. The first kappa shape index (κ1) is 14.9. The van der Waals surface area contributed by atoms with Crippen LogP contribution in [0.3, 0.4) is 0 Å². The van der Waals surface area contributed by atoms with E-state index in [0.717, 1.165) is 0 Å². The maximum absolute atomic E-state index is 13.2. The van der Waals surface area contributed by atoms with Crippen LogP contribution in [0.1, 0.15) is 13.8 Å². The Bertz CT molecular complexity index is 551. The van der Waals surface area contributed by atoms with Gasteiger partial charge in [0.1, 0.15) is 4.90 Å². The number of rotatable bonds is 3. The van der Waals surface area contributed by atoms with Gasteiger partial charge in [0.25, 0.3) is 0 Å². The van der Waals surface area contributed by atoms with Crippen molar-refractivity contribution in [2.45, 2.75) is 18.7 Å². The molecule has 1 aromatic carbocycles. The Hall–Kier alpha value is -1.18. The zero-order chi connectivity index (χ0) is 14.2. The Morgan fingerprint density at radius 2 is 1.17 bits per heavy atom. The third-order valence-electron chi connectivity index (χ3n) is 1.96. The fourth-order valence-corrected chi connectivity index (χ4v) is 2.94. The van der Waals surface area contributed by atoms with Gasteiger partial charge in [-0.25, -0.2) is 30.4 Å². The SMILES string of the molecule is C[C](C)CS(=O)(=O)c1c(F)c(F)c(F)c(F)c1F. The van der Waals surface area contributed by atoms with E-state index in [1.807, 2.05) is 0 Å². The van der Waals surface area contributed by atoms with Gasteiger partial charge in [-0.1, -0.05) is 13.8 Å². The van der Waals surface area contributed by atoms with E-state index in [4.69, 9.17) is 0 Å². The van der Waals surface area contributed by atoms with Crippen molar-refractivity contribution in [2.75, 3.05) is 5.75 Å². The van der Waals surface area contributed by atoms with Crippen molar-refractivity contribution >= 4 is 9.84 Å². The van der Waals surface area contributed by atoms with Crippen molar-refractivity contribution in [1.29, 1.82) is 0 Å². The third-order valence-corrected chi connectivity index (χ3v) is 3.90. The molecule has 0 unspecified atom stereocenters. The minimum Gasteiger partial charge on any atom is -0.223 e. The minimum absolute atomic E-state index is 0.249. The second-order valence-corrected chi connectivity index (χ2v) is 5.79. The predicted octanol–water partition coefficient (Wildman–Crippen LogP) is 2.77. The number of hydrogen-bond acceptors (Lipinski definition) is 2. The molecule has 0 N–H and O–H groups in total. The summed E-state index contributed by atoms with van der Waals surface area (Å²) in [6.45, 7) is 2.70. The molecule has 2 nitrogen and oxygen atoms in total. The van der Waals surface area contributed by atoms with Crippen molar-refractivity contribution in [1.82, 2.24) is 0 Å². The molecule has 0 bridgehead atoms. The number of benzene rings is 1. The van der Waals surface area contributed by atoms with Gasteiger partial charge >= 0.3 is 0 Å². The topological polar surface area (TPSA) is 34.1 Å². The molecule has 0 aromatic heterocycles. The largest absolute Gasteiger partial charge is 0.223 e. The lowest BCUT2D eigenvalue weighted by atomic mass is 10.3. The van der Waals surface area contributed by atoms with E-state index in [0.29, 0.717) is 0 Å². The van der Waals surface area contributed by atoms with Gasteiger partial charge in [0.2, 0.25) is 5.82 Å². The van der Waals surface area contributed by atoms with Crippen molar-refractivity contribution in [2.24, 2.45) is 0 Å². The summed E-state index contributed by atoms with van der Waals surface area (Å²) in [7, 11) is -4.62. The molecular formula is C10H8F5O2S. The molecule has 18 heavy (non-hydrogen) atoms. The van der Waals surface area contributed by atoms with Crippen LogP contribution >= 0.6 is 0 Å². The van der Waals surface area contributed by atoms with Crippen molar-refractivity contribution in [3.8, 4) is 0 Å². The van der Waals surface area contributed by atoms with Gasteiger partial charge in [-0.05, 0) is 5.92 Å². The van der Waals surface area contributed by atoms with Crippen molar-refractivity contribution in [3.63, 3.8) is 0 Å². The summed E-state index contributed by atoms with van der Waals surface area (Å²) in [6, 6.07) is 0. The Morgan fingerprint density at radius 3 is 1.50 bits per heavy atom. The van der Waals surface area contributed by atoms with Gasteiger partial charge < -0.3 is 0 Å². The quantitative estimate of drug-likeness (QED) is 0.371. The van der Waals surface area contributed by atoms with Gasteiger partial charge in [-0.3, -0.25) is 0 Å².